The Morgan fingerprint density at radius 2 is 2.05 bits per heavy atom. The molecule has 6 nitrogen and oxygen atoms in total. The smallest absolute Gasteiger partial charge is 0.337 e. The normalized spacial score (nSPS) is 10.2. The first-order chi connectivity index (χ1) is 8.99. The largest absolute Gasteiger partial charge is 0.478 e. The third-order valence-electron chi connectivity index (χ3n) is 2.71. The maximum atomic E-state index is 12.0. The van der Waals surface area contributed by atoms with Gasteiger partial charge in [-0.05, 0) is 25.1 Å². The molecule has 0 fully saturated rings. The fourth-order valence-electron chi connectivity index (χ4n) is 1.73. The fourth-order valence-corrected chi connectivity index (χ4v) is 1.73. The van der Waals surface area contributed by atoms with Crippen LogP contribution in [-0.2, 0) is 7.05 Å². The van der Waals surface area contributed by atoms with Crippen LogP contribution in [0.25, 0.3) is 0 Å². The van der Waals surface area contributed by atoms with Crippen molar-refractivity contribution in [3.63, 3.8) is 0 Å². The molecule has 1 heterocycles. The average molecular weight is 259 g/mol. The van der Waals surface area contributed by atoms with Crippen LogP contribution < -0.4 is 5.32 Å². The summed E-state index contributed by atoms with van der Waals surface area (Å²) >= 11 is 0. The van der Waals surface area contributed by atoms with Crippen molar-refractivity contribution in [2.24, 2.45) is 7.05 Å². The summed E-state index contributed by atoms with van der Waals surface area (Å²) in [5.74, 6) is -1.48. The van der Waals surface area contributed by atoms with Crippen molar-refractivity contribution in [3.8, 4) is 0 Å². The molecule has 0 aliphatic carbocycles. The Morgan fingerprint density at radius 3 is 2.63 bits per heavy atom. The van der Waals surface area contributed by atoms with Gasteiger partial charge in [-0.15, -0.1) is 0 Å². The van der Waals surface area contributed by atoms with E-state index in [9.17, 15) is 9.59 Å². The number of carboxylic acids is 1. The van der Waals surface area contributed by atoms with Gasteiger partial charge in [-0.25, -0.2) is 4.79 Å². The van der Waals surface area contributed by atoms with Crippen LogP contribution in [0.5, 0.6) is 0 Å². The number of carboxylic acid groups (broad SMARTS) is 1. The summed E-state index contributed by atoms with van der Waals surface area (Å²) in [5, 5.41) is 15.6. The van der Waals surface area contributed by atoms with Gasteiger partial charge < -0.3 is 10.4 Å². The highest BCUT2D eigenvalue weighted by molar-refractivity contribution is 6.06. The zero-order valence-corrected chi connectivity index (χ0v) is 10.5. The highest BCUT2D eigenvalue weighted by atomic mass is 16.4. The van der Waals surface area contributed by atoms with Gasteiger partial charge in [0.25, 0.3) is 5.91 Å². The first kappa shape index (κ1) is 12.8. The summed E-state index contributed by atoms with van der Waals surface area (Å²) in [5.41, 5.74) is 1.51. The minimum atomic E-state index is -1.08. The molecule has 0 unspecified atom stereocenters. The van der Waals surface area contributed by atoms with E-state index in [1.54, 1.807) is 32.2 Å². The predicted octanol–water partition coefficient (Wildman–Crippen LogP) is 1.68. The van der Waals surface area contributed by atoms with Gasteiger partial charge in [0, 0.05) is 13.2 Å². The molecule has 0 radical (unpaired) electrons. The molecule has 6 heteroatoms. The molecule has 0 atom stereocenters. The number of carbonyl (C=O) groups is 2. The number of aromatic nitrogens is 2. The Kier molecular flexibility index (Phi) is 3.33. The third kappa shape index (κ3) is 2.62. The van der Waals surface area contributed by atoms with Gasteiger partial charge in [-0.1, -0.05) is 11.6 Å². The van der Waals surface area contributed by atoms with Crippen molar-refractivity contribution in [1.29, 1.82) is 0 Å². The van der Waals surface area contributed by atoms with Gasteiger partial charge in [0.2, 0.25) is 0 Å². The zero-order valence-electron chi connectivity index (χ0n) is 10.5. The summed E-state index contributed by atoms with van der Waals surface area (Å²) in [4.78, 5) is 23.1. The van der Waals surface area contributed by atoms with Crippen molar-refractivity contribution >= 4 is 17.6 Å². The number of rotatable bonds is 3. The first-order valence-electron chi connectivity index (χ1n) is 5.62. The van der Waals surface area contributed by atoms with Gasteiger partial charge in [-0.2, -0.15) is 5.10 Å². The molecule has 2 aromatic rings. The monoisotopic (exact) mass is 259 g/mol. The second-order valence-corrected chi connectivity index (χ2v) is 4.15. The summed E-state index contributed by atoms with van der Waals surface area (Å²) in [6, 6.07) is 6.39. The maximum absolute atomic E-state index is 12.0. The number of amides is 1. The standard InChI is InChI=1S/C13H13N3O3/c1-8-3-4-10(9(7-8)13(18)19)15-12(17)11-5-6-14-16(11)2/h3-7H,1-2H3,(H,15,17)(H,18,19). The number of nitrogens with one attached hydrogen (secondary N) is 1. The number of anilines is 1. The number of carbonyl (C=O) groups excluding carboxylic acids is 1. The van der Waals surface area contributed by atoms with E-state index in [1.165, 1.54) is 16.9 Å². The molecule has 0 saturated carbocycles. The Balaban J connectivity index is 2.32. The summed E-state index contributed by atoms with van der Waals surface area (Å²) in [6.07, 6.45) is 1.50. The number of aromatic carboxylic acids is 1. The molecule has 0 bridgehead atoms. The molecule has 2 rings (SSSR count). The lowest BCUT2D eigenvalue weighted by Gasteiger charge is -2.09. The third-order valence-corrected chi connectivity index (χ3v) is 2.71. The lowest BCUT2D eigenvalue weighted by Crippen LogP contribution is -2.18. The fraction of sp³-hybridized carbons (Fsp3) is 0.154. The minimum Gasteiger partial charge on any atom is -0.478 e. The van der Waals surface area contributed by atoms with E-state index in [0.29, 0.717) is 5.69 Å². The van der Waals surface area contributed by atoms with Crippen LogP contribution >= 0.6 is 0 Å². The highest BCUT2D eigenvalue weighted by Gasteiger charge is 2.15. The molecule has 0 aliphatic rings. The lowest BCUT2D eigenvalue weighted by atomic mass is 10.1. The highest BCUT2D eigenvalue weighted by Crippen LogP contribution is 2.18. The number of hydrogen-bond acceptors (Lipinski definition) is 3. The number of nitrogens with zero attached hydrogens (tertiary/aromatic N) is 2. The van der Waals surface area contributed by atoms with Gasteiger partial charge in [-0.3, -0.25) is 9.48 Å². The van der Waals surface area contributed by atoms with Gasteiger partial charge >= 0.3 is 5.97 Å². The van der Waals surface area contributed by atoms with E-state index < -0.39 is 11.9 Å². The molecular formula is C13H13N3O3. The van der Waals surface area contributed by atoms with Crippen LogP contribution in [0.1, 0.15) is 26.4 Å². The molecule has 1 amide bonds. The Hall–Kier alpha value is -2.63. The van der Waals surface area contributed by atoms with Crippen LogP contribution in [0.2, 0.25) is 0 Å². The SMILES string of the molecule is Cc1ccc(NC(=O)c2ccnn2C)c(C(=O)O)c1. The quantitative estimate of drug-likeness (QED) is 0.878. The van der Waals surface area contributed by atoms with Crippen LogP contribution in [0.15, 0.2) is 30.5 Å². The van der Waals surface area contributed by atoms with Crippen molar-refractivity contribution in [2.75, 3.05) is 5.32 Å². The Labute approximate surface area is 109 Å². The molecule has 19 heavy (non-hydrogen) atoms. The molecule has 2 N–H and O–H groups in total. The summed E-state index contributed by atoms with van der Waals surface area (Å²) < 4.78 is 1.42. The second-order valence-electron chi connectivity index (χ2n) is 4.15. The van der Waals surface area contributed by atoms with Crippen molar-refractivity contribution in [2.45, 2.75) is 6.92 Å². The maximum Gasteiger partial charge on any atom is 0.337 e. The second kappa shape index (κ2) is 4.93. The van der Waals surface area contributed by atoms with E-state index in [1.807, 2.05) is 0 Å². The summed E-state index contributed by atoms with van der Waals surface area (Å²) in [7, 11) is 1.64. The predicted molar refractivity (Wildman–Crippen MR) is 69.3 cm³/mol. The lowest BCUT2D eigenvalue weighted by molar-refractivity contribution is 0.0698. The topological polar surface area (TPSA) is 84.2 Å². The summed E-state index contributed by atoms with van der Waals surface area (Å²) in [6.45, 7) is 1.79. The van der Waals surface area contributed by atoms with Gasteiger partial charge in [0.05, 0.1) is 11.3 Å². The average Bonchev–Trinajstić information content (AvgIpc) is 2.77. The minimum absolute atomic E-state index is 0.0653. The van der Waals surface area contributed by atoms with Crippen LogP contribution in [0.4, 0.5) is 5.69 Å². The van der Waals surface area contributed by atoms with E-state index in [2.05, 4.69) is 10.4 Å². The van der Waals surface area contributed by atoms with E-state index >= 15 is 0 Å². The van der Waals surface area contributed by atoms with E-state index in [0.717, 1.165) is 5.56 Å². The van der Waals surface area contributed by atoms with Crippen molar-refractivity contribution in [1.82, 2.24) is 9.78 Å². The molecule has 0 saturated heterocycles. The Bertz CT molecular complexity index is 646. The van der Waals surface area contributed by atoms with Crippen LogP contribution in [0, 0.1) is 6.92 Å². The molecule has 1 aromatic heterocycles. The van der Waals surface area contributed by atoms with E-state index in [4.69, 9.17) is 5.11 Å². The van der Waals surface area contributed by atoms with Crippen molar-refractivity contribution in [3.05, 3.63) is 47.3 Å². The Morgan fingerprint density at radius 1 is 1.32 bits per heavy atom. The molecule has 1 aromatic carbocycles. The van der Waals surface area contributed by atoms with Crippen LogP contribution in [-0.4, -0.2) is 26.8 Å². The molecule has 0 aliphatic heterocycles. The van der Waals surface area contributed by atoms with Gasteiger partial charge in [0.15, 0.2) is 0 Å². The number of aryl methyl sites for hydroxylation is 2. The van der Waals surface area contributed by atoms with Gasteiger partial charge in [0.1, 0.15) is 5.69 Å². The molecular weight excluding hydrogens is 246 g/mol. The molecule has 98 valence electrons. The van der Waals surface area contributed by atoms with Crippen LogP contribution in [0.3, 0.4) is 0 Å². The number of hydrogen-bond donors (Lipinski definition) is 2. The first-order valence-corrected chi connectivity index (χ1v) is 5.62. The van der Waals surface area contributed by atoms with E-state index in [-0.39, 0.29) is 11.3 Å². The van der Waals surface area contributed by atoms with Crippen molar-refractivity contribution < 1.29 is 14.7 Å². The number of benzene rings is 1. The molecule has 0 spiro atoms. The zero-order chi connectivity index (χ0) is 14.0.